The van der Waals surface area contributed by atoms with Crippen LogP contribution in [0, 0.1) is 6.92 Å². The molecule has 3 nitrogen and oxygen atoms in total. The number of fused-ring (bicyclic) bond motifs is 1. The smallest absolute Gasteiger partial charge is 0.122 e. The van der Waals surface area contributed by atoms with Crippen molar-refractivity contribution in [3.63, 3.8) is 0 Å². The average molecular weight is 243 g/mol. The predicted molar refractivity (Wildman–Crippen MR) is 70.7 cm³/mol. The SMILES string of the molecule is Cc1c(CO)cc(-c2ccc3c(c2)CCO3)n1C. The molecular weight excluding hydrogens is 226 g/mol. The Labute approximate surface area is 107 Å². The molecule has 0 atom stereocenters. The minimum atomic E-state index is 0.0910. The summed E-state index contributed by atoms with van der Waals surface area (Å²) in [5, 5.41) is 9.32. The van der Waals surface area contributed by atoms with E-state index < -0.39 is 0 Å². The Kier molecular flexibility index (Phi) is 2.63. The number of hydrogen-bond acceptors (Lipinski definition) is 2. The molecular formula is C15H17NO2. The summed E-state index contributed by atoms with van der Waals surface area (Å²) in [7, 11) is 2.04. The predicted octanol–water partition coefficient (Wildman–Crippen LogP) is 2.43. The Morgan fingerprint density at radius 2 is 2.17 bits per heavy atom. The van der Waals surface area contributed by atoms with Gasteiger partial charge in [0, 0.05) is 24.9 Å². The maximum Gasteiger partial charge on any atom is 0.122 e. The van der Waals surface area contributed by atoms with Crippen LogP contribution in [0.3, 0.4) is 0 Å². The van der Waals surface area contributed by atoms with E-state index in [4.69, 9.17) is 4.74 Å². The summed E-state index contributed by atoms with van der Waals surface area (Å²) in [5.74, 6) is 1.01. The molecule has 0 fully saturated rings. The molecule has 0 saturated heterocycles. The lowest BCUT2D eigenvalue weighted by atomic mass is 10.1. The van der Waals surface area contributed by atoms with Gasteiger partial charge in [0.1, 0.15) is 5.75 Å². The lowest BCUT2D eigenvalue weighted by Crippen LogP contribution is -1.95. The molecule has 94 valence electrons. The summed E-state index contributed by atoms with van der Waals surface area (Å²) in [6, 6.07) is 8.38. The maximum absolute atomic E-state index is 9.32. The van der Waals surface area contributed by atoms with Gasteiger partial charge in [0.2, 0.25) is 0 Å². The number of nitrogens with zero attached hydrogens (tertiary/aromatic N) is 1. The van der Waals surface area contributed by atoms with E-state index in [0.29, 0.717) is 0 Å². The largest absolute Gasteiger partial charge is 0.493 e. The molecule has 1 aliphatic heterocycles. The minimum Gasteiger partial charge on any atom is -0.493 e. The van der Waals surface area contributed by atoms with E-state index in [1.165, 1.54) is 11.1 Å². The van der Waals surface area contributed by atoms with Gasteiger partial charge in [-0.05, 0) is 47.9 Å². The van der Waals surface area contributed by atoms with E-state index in [0.717, 1.165) is 35.7 Å². The molecule has 1 aliphatic rings. The monoisotopic (exact) mass is 243 g/mol. The topological polar surface area (TPSA) is 34.4 Å². The van der Waals surface area contributed by atoms with Crippen LogP contribution >= 0.6 is 0 Å². The van der Waals surface area contributed by atoms with Gasteiger partial charge in [-0.2, -0.15) is 0 Å². The normalized spacial score (nSPS) is 13.5. The summed E-state index contributed by atoms with van der Waals surface area (Å²) in [6.45, 7) is 2.91. The molecule has 0 saturated carbocycles. The molecule has 1 N–H and O–H groups in total. The third-order valence-electron chi connectivity index (χ3n) is 3.80. The van der Waals surface area contributed by atoms with Crippen LogP contribution in [-0.2, 0) is 20.1 Å². The minimum absolute atomic E-state index is 0.0910. The van der Waals surface area contributed by atoms with Crippen LogP contribution < -0.4 is 4.74 Å². The standard InChI is InChI=1S/C15H17NO2/c1-10-13(9-17)8-14(16(10)2)11-3-4-15-12(7-11)5-6-18-15/h3-4,7-8,17H,5-6,9H2,1-2H3. The highest BCUT2D eigenvalue weighted by Crippen LogP contribution is 2.32. The lowest BCUT2D eigenvalue weighted by molar-refractivity contribution is 0.281. The summed E-state index contributed by atoms with van der Waals surface area (Å²) in [5.41, 5.74) is 5.71. The van der Waals surface area contributed by atoms with Gasteiger partial charge in [-0.15, -0.1) is 0 Å². The van der Waals surface area contributed by atoms with Crippen LogP contribution in [0.2, 0.25) is 0 Å². The molecule has 3 rings (SSSR count). The Bertz CT molecular complexity index is 599. The number of hydrogen-bond donors (Lipinski definition) is 1. The van der Waals surface area contributed by atoms with E-state index in [9.17, 15) is 5.11 Å². The molecule has 0 amide bonds. The van der Waals surface area contributed by atoms with Crippen molar-refractivity contribution < 1.29 is 9.84 Å². The van der Waals surface area contributed by atoms with Crippen LogP contribution in [0.25, 0.3) is 11.3 Å². The van der Waals surface area contributed by atoms with Gasteiger partial charge in [-0.3, -0.25) is 0 Å². The van der Waals surface area contributed by atoms with E-state index in [-0.39, 0.29) is 6.61 Å². The number of ether oxygens (including phenoxy) is 1. The Morgan fingerprint density at radius 3 is 2.89 bits per heavy atom. The second kappa shape index (κ2) is 4.18. The lowest BCUT2D eigenvalue weighted by Gasteiger charge is -2.07. The maximum atomic E-state index is 9.32. The zero-order valence-corrected chi connectivity index (χ0v) is 10.7. The molecule has 2 aromatic rings. The molecule has 0 radical (unpaired) electrons. The van der Waals surface area contributed by atoms with Crippen molar-refractivity contribution in [1.29, 1.82) is 0 Å². The van der Waals surface area contributed by atoms with E-state index in [1.54, 1.807) is 0 Å². The first kappa shape index (κ1) is 11.4. The van der Waals surface area contributed by atoms with Crippen molar-refractivity contribution >= 4 is 0 Å². The van der Waals surface area contributed by atoms with E-state index >= 15 is 0 Å². The Morgan fingerprint density at radius 1 is 1.33 bits per heavy atom. The second-order valence-corrected chi connectivity index (χ2v) is 4.78. The highest BCUT2D eigenvalue weighted by molar-refractivity contribution is 5.65. The van der Waals surface area contributed by atoms with Gasteiger partial charge in [0.25, 0.3) is 0 Å². The van der Waals surface area contributed by atoms with Crippen LogP contribution in [0.5, 0.6) is 5.75 Å². The molecule has 0 unspecified atom stereocenters. The fraction of sp³-hybridized carbons (Fsp3) is 0.333. The molecule has 3 heteroatoms. The van der Waals surface area contributed by atoms with E-state index in [2.05, 4.69) is 22.8 Å². The first-order valence-corrected chi connectivity index (χ1v) is 6.23. The second-order valence-electron chi connectivity index (χ2n) is 4.78. The van der Waals surface area contributed by atoms with E-state index in [1.807, 2.05) is 20.0 Å². The summed E-state index contributed by atoms with van der Waals surface area (Å²) < 4.78 is 7.65. The zero-order chi connectivity index (χ0) is 12.7. The van der Waals surface area contributed by atoms with Gasteiger partial charge in [-0.25, -0.2) is 0 Å². The van der Waals surface area contributed by atoms with Crippen molar-refractivity contribution in [3.8, 4) is 17.0 Å². The average Bonchev–Trinajstić information content (AvgIpc) is 2.95. The Balaban J connectivity index is 2.10. The number of aliphatic hydroxyl groups excluding tert-OH is 1. The molecule has 0 spiro atoms. The fourth-order valence-electron chi connectivity index (χ4n) is 2.55. The number of benzene rings is 1. The van der Waals surface area contributed by atoms with Crippen LogP contribution in [-0.4, -0.2) is 16.3 Å². The molecule has 1 aromatic carbocycles. The first-order chi connectivity index (χ1) is 8.70. The third kappa shape index (κ3) is 1.63. The van der Waals surface area contributed by atoms with Crippen LogP contribution in [0.15, 0.2) is 24.3 Å². The Hall–Kier alpha value is -1.74. The van der Waals surface area contributed by atoms with Crippen molar-refractivity contribution in [2.45, 2.75) is 20.0 Å². The quantitative estimate of drug-likeness (QED) is 0.879. The van der Waals surface area contributed by atoms with Gasteiger partial charge >= 0.3 is 0 Å². The number of aliphatic hydroxyl groups is 1. The number of rotatable bonds is 2. The highest BCUT2D eigenvalue weighted by Gasteiger charge is 2.15. The van der Waals surface area contributed by atoms with Gasteiger partial charge in [0.05, 0.1) is 13.2 Å². The molecule has 0 aliphatic carbocycles. The summed E-state index contributed by atoms with van der Waals surface area (Å²) in [4.78, 5) is 0. The van der Waals surface area contributed by atoms with Crippen molar-refractivity contribution in [3.05, 3.63) is 41.1 Å². The molecule has 2 heterocycles. The van der Waals surface area contributed by atoms with Crippen LogP contribution in [0.1, 0.15) is 16.8 Å². The summed E-state index contributed by atoms with van der Waals surface area (Å²) in [6.07, 6.45) is 0.986. The van der Waals surface area contributed by atoms with Gasteiger partial charge in [-0.1, -0.05) is 0 Å². The van der Waals surface area contributed by atoms with Gasteiger partial charge in [0.15, 0.2) is 0 Å². The first-order valence-electron chi connectivity index (χ1n) is 6.23. The highest BCUT2D eigenvalue weighted by atomic mass is 16.5. The van der Waals surface area contributed by atoms with Crippen LogP contribution in [0.4, 0.5) is 0 Å². The van der Waals surface area contributed by atoms with Crippen molar-refractivity contribution in [2.24, 2.45) is 7.05 Å². The molecule has 0 bridgehead atoms. The zero-order valence-electron chi connectivity index (χ0n) is 10.7. The third-order valence-corrected chi connectivity index (χ3v) is 3.80. The molecule has 18 heavy (non-hydrogen) atoms. The molecule has 1 aromatic heterocycles. The fourth-order valence-corrected chi connectivity index (χ4v) is 2.55. The van der Waals surface area contributed by atoms with Crippen molar-refractivity contribution in [1.82, 2.24) is 4.57 Å². The van der Waals surface area contributed by atoms with Crippen molar-refractivity contribution in [2.75, 3.05) is 6.61 Å². The number of aromatic nitrogens is 1. The summed E-state index contributed by atoms with van der Waals surface area (Å²) >= 11 is 0. The van der Waals surface area contributed by atoms with Gasteiger partial charge < -0.3 is 14.4 Å².